The Kier molecular flexibility index (Phi) is 24.1. The standard InChI is InChI=1S/C23H21NO2S2.C22H19NO3S.C21H16ClNO2S.C21H17NO2S/c1-3-27-18-12-13-22-20(14-18)24(19-6-4-5-7-21(19)28-22)15-16-8-10-17(11-9-16)23(25)26-2;1-25-17-11-12-21-19(13-17)23(18-5-3-4-6-20(18)27-21)14-15-7-9-16(10-8-15)22(24)26-2;1-25-21(24)15-8-6-14(7-9-15)13-23-17-4-2-3-5-19(17)26-20-11-10-16(22)12-18(20)23;1-24-21(23)16-12-10-15(11-13-16)14-22-17-6-2-4-8-19(17)25-20-9-5-3-7-18(20)22/h4-14H,3,15H2,1-2H3;3-13H,14H2,1-2H3;2-12H,13H2,1H3;2-13H,14H2,1H3. The van der Waals surface area contributed by atoms with Crippen molar-refractivity contribution in [2.45, 2.75) is 77.2 Å². The number of para-hydroxylation sites is 5. The first kappa shape index (κ1) is 73.9. The summed E-state index contributed by atoms with van der Waals surface area (Å²) in [7, 11) is 7.26. The lowest BCUT2D eigenvalue weighted by molar-refractivity contribution is 0.0592. The normalized spacial score (nSPS) is 12.3. The number of benzene rings is 12. The number of fused-ring (bicyclic) bond motifs is 8. The SMILES string of the molecule is CCSc1ccc2c(c1)N(Cc1ccc(C(=O)OC)cc1)c1ccccc1S2.COC(=O)c1ccc(CN2c3ccccc3Sc3ccc(Cl)cc32)cc1.COC(=O)c1ccc(CN2c3ccccc3Sc3ccc(OC)cc32)cc1.COC(=O)c1ccc(CN2c3ccccc3Sc3ccccc32)cc1. The minimum Gasteiger partial charge on any atom is -0.497 e. The average Bonchev–Trinajstić information content (AvgIpc) is 0.789. The summed E-state index contributed by atoms with van der Waals surface area (Å²) < 4.78 is 24.5. The topological polar surface area (TPSA) is 127 Å². The van der Waals surface area contributed by atoms with Gasteiger partial charge in [-0.1, -0.05) is 175 Å². The lowest BCUT2D eigenvalue weighted by Gasteiger charge is -2.33. The molecular weight excluding hydrogens is 1440 g/mol. The Balaban J connectivity index is 0.000000125. The van der Waals surface area contributed by atoms with Crippen molar-refractivity contribution in [2.75, 3.05) is 60.9 Å². The largest absolute Gasteiger partial charge is 0.497 e. The van der Waals surface area contributed by atoms with E-state index in [2.05, 4.69) is 178 Å². The van der Waals surface area contributed by atoms with Crippen molar-refractivity contribution in [1.82, 2.24) is 0 Å². The quantitative estimate of drug-likeness (QED) is 0.0548. The highest BCUT2D eigenvalue weighted by Crippen LogP contribution is 2.53. The number of carbonyl (C=O) groups excluding carboxylic acids is 4. The summed E-state index contributed by atoms with van der Waals surface area (Å²) in [4.78, 5) is 67.0. The van der Waals surface area contributed by atoms with E-state index in [-0.39, 0.29) is 23.9 Å². The first-order valence-corrected chi connectivity index (χ1v) is 38.6. The second-order valence-electron chi connectivity index (χ2n) is 24.4. The van der Waals surface area contributed by atoms with E-state index in [4.69, 9.17) is 35.3 Å². The number of methoxy groups -OCH3 is 5. The van der Waals surface area contributed by atoms with Gasteiger partial charge in [-0.2, -0.15) is 0 Å². The Morgan fingerprint density at radius 2 is 0.575 bits per heavy atom. The van der Waals surface area contributed by atoms with Gasteiger partial charge in [0.05, 0.1) is 103 Å². The second kappa shape index (κ2) is 34.6. The zero-order valence-electron chi connectivity index (χ0n) is 58.9. The minimum absolute atomic E-state index is 0.308. The van der Waals surface area contributed by atoms with Crippen LogP contribution in [0.25, 0.3) is 0 Å². The number of hydrogen-bond donors (Lipinski definition) is 0. The van der Waals surface area contributed by atoms with E-state index in [9.17, 15) is 19.2 Å². The molecule has 19 heteroatoms. The predicted octanol–water partition coefficient (Wildman–Crippen LogP) is 22.9. The van der Waals surface area contributed by atoms with Gasteiger partial charge in [-0.25, -0.2) is 19.2 Å². The number of halogens is 1. The van der Waals surface area contributed by atoms with E-state index >= 15 is 0 Å². The van der Waals surface area contributed by atoms with E-state index in [0.29, 0.717) is 35.3 Å². The molecule has 0 aliphatic carbocycles. The molecule has 0 atom stereocenters. The van der Waals surface area contributed by atoms with Gasteiger partial charge in [0.2, 0.25) is 0 Å². The smallest absolute Gasteiger partial charge is 0.337 e. The van der Waals surface area contributed by atoms with Gasteiger partial charge in [0, 0.05) is 81.3 Å². The number of nitrogens with zero attached hydrogens (tertiary/aromatic N) is 4. The Hall–Kier alpha value is -10.4. The van der Waals surface area contributed by atoms with E-state index < -0.39 is 0 Å². The van der Waals surface area contributed by atoms with Gasteiger partial charge in [0.15, 0.2) is 0 Å². The van der Waals surface area contributed by atoms with Crippen molar-refractivity contribution in [3.8, 4) is 5.75 Å². The lowest BCUT2D eigenvalue weighted by Crippen LogP contribution is -2.20. The van der Waals surface area contributed by atoms with Crippen LogP contribution in [0.15, 0.2) is 317 Å². The van der Waals surface area contributed by atoms with Crippen LogP contribution in [0, 0.1) is 0 Å². The van der Waals surface area contributed by atoms with Gasteiger partial charge in [-0.05, 0) is 186 Å². The highest BCUT2D eigenvalue weighted by molar-refractivity contribution is 8.00. The molecular formula is C87H73ClN4O9S5. The highest BCUT2D eigenvalue weighted by atomic mass is 35.5. The number of anilines is 8. The Labute approximate surface area is 644 Å². The van der Waals surface area contributed by atoms with Crippen molar-refractivity contribution in [2.24, 2.45) is 0 Å². The fourth-order valence-electron chi connectivity index (χ4n) is 12.5. The zero-order chi connectivity index (χ0) is 73.6. The molecule has 106 heavy (non-hydrogen) atoms. The van der Waals surface area contributed by atoms with Crippen molar-refractivity contribution >= 4 is 140 Å². The summed E-state index contributed by atoms with van der Waals surface area (Å²) in [5.74, 6) is 0.622. The molecule has 16 rings (SSSR count). The number of thioether (sulfide) groups is 1. The molecule has 0 spiro atoms. The Bertz CT molecular complexity index is 5120. The van der Waals surface area contributed by atoms with Crippen LogP contribution in [0.2, 0.25) is 5.02 Å². The van der Waals surface area contributed by atoms with Crippen molar-refractivity contribution in [3.05, 3.63) is 323 Å². The Morgan fingerprint density at radius 1 is 0.311 bits per heavy atom. The van der Waals surface area contributed by atoms with Crippen LogP contribution in [-0.4, -0.2) is 65.2 Å². The molecule has 4 aliphatic heterocycles. The molecule has 0 fully saturated rings. The van der Waals surface area contributed by atoms with Crippen molar-refractivity contribution in [3.63, 3.8) is 0 Å². The molecule has 0 radical (unpaired) electrons. The number of hydrogen-bond acceptors (Lipinski definition) is 18. The number of ether oxygens (including phenoxy) is 5. The number of esters is 4. The van der Waals surface area contributed by atoms with Crippen LogP contribution in [0.4, 0.5) is 45.5 Å². The molecule has 0 unspecified atom stereocenters. The van der Waals surface area contributed by atoms with Crippen molar-refractivity contribution < 1.29 is 42.9 Å². The van der Waals surface area contributed by atoms with Crippen LogP contribution < -0.4 is 24.3 Å². The molecule has 12 aromatic carbocycles. The molecule has 0 bridgehead atoms. The zero-order valence-corrected chi connectivity index (χ0v) is 63.7. The van der Waals surface area contributed by atoms with Gasteiger partial charge in [-0.15, -0.1) is 11.8 Å². The van der Waals surface area contributed by atoms with E-state index in [0.717, 1.165) is 68.9 Å². The summed E-state index contributed by atoms with van der Waals surface area (Å²) in [6.07, 6.45) is 0. The van der Waals surface area contributed by atoms with Gasteiger partial charge < -0.3 is 43.3 Å². The third-order valence-electron chi connectivity index (χ3n) is 17.7. The van der Waals surface area contributed by atoms with Gasteiger partial charge in [0.1, 0.15) is 5.75 Å². The molecule has 532 valence electrons. The summed E-state index contributed by atoms with van der Waals surface area (Å²) in [5.41, 5.74) is 16.2. The first-order chi connectivity index (χ1) is 51.8. The fraction of sp³-hybridized carbons (Fsp3) is 0.126. The van der Waals surface area contributed by atoms with E-state index in [1.807, 2.05) is 121 Å². The Morgan fingerprint density at radius 3 is 0.877 bits per heavy atom. The molecule has 4 heterocycles. The maximum atomic E-state index is 11.7. The van der Waals surface area contributed by atoms with E-state index in [1.54, 1.807) is 66.7 Å². The summed E-state index contributed by atoms with van der Waals surface area (Å²) >= 11 is 15.3. The van der Waals surface area contributed by atoms with Crippen LogP contribution in [0.1, 0.15) is 70.6 Å². The molecule has 0 amide bonds. The summed E-state index contributed by atoms with van der Waals surface area (Å²) in [5, 5.41) is 0.717. The third kappa shape index (κ3) is 17.1. The van der Waals surface area contributed by atoms with Gasteiger partial charge in [-0.3, -0.25) is 0 Å². The molecule has 0 saturated heterocycles. The van der Waals surface area contributed by atoms with Crippen LogP contribution in [-0.2, 0) is 45.1 Å². The van der Waals surface area contributed by atoms with Crippen LogP contribution in [0.5, 0.6) is 5.75 Å². The first-order valence-electron chi connectivity index (χ1n) is 34.0. The molecule has 0 aromatic heterocycles. The molecule has 12 aromatic rings. The second-order valence-corrected chi connectivity index (χ2v) is 30.5. The maximum absolute atomic E-state index is 11.7. The minimum atomic E-state index is -0.326. The average molecular weight is 1510 g/mol. The van der Waals surface area contributed by atoms with Crippen molar-refractivity contribution in [1.29, 1.82) is 0 Å². The highest BCUT2D eigenvalue weighted by Gasteiger charge is 2.29. The monoisotopic (exact) mass is 1510 g/mol. The third-order valence-corrected chi connectivity index (χ3v) is 23.4. The summed E-state index contributed by atoms with van der Waals surface area (Å²) in [6.45, 7) is 5.04. The molecule has 4 aliphatic rings. The van der Waals surface area contributed by atoms with Crippen LogP contribution in [0.3, 0.4) is 0 Å². The predicted molar refractivity (Wildman–Crippen MR) is 430 cm³/mol. The molecule has 13 nitrogen and oxygen atoms in total. The van der Waals surface area contributed by atoms with Gasteiger partial charge >= 0.3 is 23.9 Å². The number of rotatable bonds is 15. The fourth-order valence-corrected chi connectivity index (χ4v) is 17.6. The van der Waals surface area contributed by atoms with Gasteiger partial charge in [0.25, 0.3) is 0 Å². The molecule has 0 saturated carbocycles. The lowest BCUT2D eigenvalue weighted by atomic mass is 10.1. The van der Waals surface area contributed by atoms with E-state index in [1.165, 1.54) is 101 Å². The number of carbonyl (C=O) groups is 4. The van der Waals surface area contributed by atoms with Crippen LogP contribution >= 0.6 is 70.4 Å². The summed E-state index contributed by atoms with van der Waals surface area (Å²) in [6, 6.07) is 91.3. The maximum Gasteiger partial charge on any atom is 0.337 e. The molecule has 0 N–H and O–H groups in total.